The molecule has 1 unspecified atom stereocenters. The van der Waals surface area contributed by atoms with Crippen LogP contribution in [0.25, 0.3) is 0 Å². The van der Waals surface area contributed by atoms with E-state index < -0.39 is 27.3 Å². The summed E-state index contributed by atoms with van der Waals surface area (Å²) in [5.74, 6) is -1.44. The molecule has 7 nitrogen and oxygen atoms in total. The number of aromatic hydroxyl groups is 1. The lowest BCUT2D eigenvalue weighted by Crippen LogP contribution is -2.35. The SMILES string of the molecule is CCC1(O)CCN(S(=O)(=O)c2ccc(F)cn2)C1.N#Cc1ccc(O)cc1F. The summed E-state index contributed by atoms with van der Waals surface area (Å²) in [6.07, 6.45) is 1.77. The Morgan fingerprint density at radius 1 is 1.32 bits per heavy atom. The van der Waals surface area contributed by atoms with E-state index in [1.165, 1.54) is 16.4 Å². The van der Waals surface area contributed by atoms with Gasteiger partial charge in [0.15, 0.2) is 5.03 Å². The van der Waals surface area contributed by atoms with Crippen molar-refractivity contribution in [2.24, 2.45) is 0 Å². The summed E-state index contributed by atoms with van der Waals surface area (Å²) in [5.41, 5.74) is -1.02. The van der Waals surface area contributed by atoms with E-state index in [9.17, 15) is 22.3 Å². The minimum absolute atomic E-state index is 0.0576. The molecule has 1 saturated heterocycles. The number of benzene rings is 1. The molecule has 0 bridgehead atoms. The van der Waals surface area contributed by atoms with Crippen molar-refractivity contribution in [2.45, 2.75) is 30.4 Å². The second kappa shape index (κ2) is 8.60. The predicted molar refractivity (Wildman–Crippen MR) is 95.6 cm³/mol. The van der Waals surface area contributed by atoms with Crippen molar-refractivity contribution in [3.63, 3.8) is 0 Å². The van der Waals surface area contributed by atoms with Gasteiger partial charge in [-0.3, -0.25) is 0 Å². The molecule has 1 aliphatic rings. The molecule has 2 aromatic rings. The number of hydrogen-bond donors (Lipinski definition) is 2. The summed E-state index contributed by atoms with van der Waals surface area (Å²) < 4.78 is 50.7. The number of phenolic OH excluding ortho intramolecular Hbond substituents is 1. The fourth-order valence-electron chi connectivity index (χ4n) is 2.55. The Morgan fingerprint density at radius 3 is 2.54 bits per heavy atom. The van der Waals surface area contributed by atoms with Crippen LogP contribution < -0.4 is 0 Å². The quantitative estimate of drug-likeness (QED) is 0.800. The van der Waals surface area contributed by atoms with E-state index in [-0.39, 0.29) is 29.4 Å². The minimum atomic E-state index is -3.74. The number of β-amino-alcohol motifs (C(OH)–C–C–N with tert-alkyl or cyclic N) is 1. The van der Waals surface area contributed by atoms with Gasteiger partial charge in [0, 0.05) is 19.2 Å². The fourth-order valence-corrected chi connectivity index (χ4v) is 3.99. The molecule has 0 aliphatic carbocycles. The Kier molecular flexibility index (Phi) is 6.66. The number of rotatable bonds is 3. The van der Waals surface area contributed by atoms with Crippen molar-refractivity contribution < 1.29 is 27.4 Å². The Labute approximate surface area is 161 Å². The van der Waals surface area contributed by atoms with Crippen LogP contribution in [0.2, 0.25) is 0 Å². The van der Waals surface area contributed by atoms with Gasteiger partial charge in [-0.2, -0.15) is 9.57 Å². The van der Waals surface area contributed by atoms with Gasteiger partial charge in [0.05, 0.1) is 17.4 Å². The molecular weight excluding hydrogens is 392 g/mol. The monoisotopic (exact) mass is 411 g/mol. The zero-order valence-corrected chi connectivity index (χ0v) is 15.8. The molecule has 1 aromatic carbocycles. The second-order valence-corrected chi connectivity index (χ2v) is 8.14. The first kappa shape index (κ1) is 21.7. The molecule has 10 heteroatoms. The molecule has 28 heavy (non-hydrogen) atoms. The van der Waals surface area contributed by atoms with Crippen LogP contribution in [0.15, 0.2) is 41.6 Å². The van der Waals surface area contributed by atoms with Crippen LogP contribution in [0, 0.1) is 23.0 Å². The van der Waals surface area contributed by atoms with Gasteiger partial charge in [0.1, 0.15) is 23.5 Å². The Hall–Kier alpha value is -2.61. The average Bonchev–Trinajstić information content (AvgIpc) is 3.07. The van der Waals surface area contributed by atoms with E-state index in [1.54, 1.807) is 6.07 Å². The molecule has 150 valence electrons. The average molecular weight is 411 g/mol. The molecule has 0 saturated carbocycles. The number of aromatic nitrogens is 1. The normalized spacial score (nSPS) is 19.5. The minimum Gasteiger partial charge on any atom is -0.508 e. The number of nitriles is 1. The van der Waals surface area contributed by atoms with Crippen molar-refractivity contribution in [2.75, 3.05) is 13.1 Å². The largest absolute Gasteiger partial charge is 0.508 e. The number of halogens is 2. The molecule has 0 amide bonds. The molecule has 1 aliphatic heterocycles. The topological polar surface area (TPSA) is 115 Å². The fraction of sp³-hybridized carbons (Fsp3) is 0.333. The van der Waals surface area contributed by atoms with Crippen LogP contribution >= 0.6 is 0 Å². The molecule has 0 radical (unpaired) electrons. The first-order valence-corrected chi connectivity index (χ1v) is 9.78. The van der Waals surface area contributed by atoms with Gasteiger partial charge in [-0.25, -0.2) is 22.2 Å². The second-order valence-electron chi connectivity index (χ2n) is 6.26. The Balaban J connectivity index is 0.000000237. The van der Waals surface area contributed by atoms with Crippen molar-refractivity contribution in [1.29, 1.82) is 5.26 Å². The van der Waals surface area contributed by atoms with E-state index in [0.29, 0.717) is 12.8 Å². The number of pyridine rings is 1. The maximum Gasteiger partial charge on any atom is 0.260 e. The molecule has 0 spiro atoms. The van der Waals surface area contributed by atoms with E-state index >= 15 is 0 Å². The number of sulfonamides is 1. The predicted octanol–water partition coefficient (Wildman–Crippen LogP) is 2.16. The Morgan fingerprint density at radius 2 is 2.04 bits per heavy atom. The number of hydrogen-bond acceptors (Lipinski definition) is 6. The summed E-state index contributed by atoms with van der Waals surface area (Å²) >= 11 is 0. The highest BCUT2D eigenvalue weighted by molar-refractivity contribution is 7.89. The zero-order chi connectivity index (χ0) is 20.9. The molecular formula is C18H19F2N3O4S. The smallest absolute Gasteiger partial charge is 0.260 e. The molecule has 1 aromatic heterocycles. The van der Waals surface area contributed by atoms with E-state index in [4.69, 9.17) is 10.4 Å². The van der Waals surface area contributed by atoms with E-state index in [2.05, 4.69) is 4.98 Å². The van der Waals surface area contributed by atoms with E-state index in [0.717, 1.165) is 24.4 Å². The number of phenols is 1. The summed E-state index contributed by atoms with van der Waals surface area (Å²) in [5, 5.41) is 26.8. The van der Waals surface area contributed by atoms with E-state index in [1.807, 2.05) is 6.92 Å². The van der Waals surface area contributed by atoms with Crippen LogP contribution in [-0.2, 0) is 10.0 Å². The first-order chi connectivity index (χ1) is 13.1. The summed E-state index contributed by atoms with van der Waals surface area (Å²) in [4.78, 5) is 3.58. The highest BCUT2D eigenvalue weighted by Gasteiger charge is 2.40. The zero-order valence-electron chi connectivity index (χ0n) is 15.0. The maximum absolute atomic E-state index is 12.7. The van der Waals surface area contributed by atoms with Crippen LogP contribution in [0.3, 0.4) is 0 Å². The summed E-state index contributed by atoms with van der Waals surface area (Å²) in [6.45, 7) is 2.13. The van der Waals surface area contributed by atoms with Gasteiger partial charge in [-0.05, 0) is 37.1 Å². The lowest BCUT2D eigenvalue weighted by molar-refractivity contribution is 0.0521. The van der Waals surface area contributed by atoms with Gasteiger partial charge < -0.3 is 10.2 Å². The lowest BCUT2D eigenvalue weighted by atomic mass is 10.0. The molecule has 3 rings (SSSR count). The van der Waals surface area contributed by atoms with Gasteiger partial charge in [0.25, 0.3) is 10.0 Å². The molecule has 1 fully saturated rings. The van der Waals surface area contributed by atoms with Crippen LogP contribution in [0.4, 0.5) is 8.78 Å². The maximum atomic E-state index is 12.7. The first-order valence-electron chi connectivity index (χ1n) is 8.34. The van der Waals surface area contributed by atoms with Crippen LogP contribution in [0.5, 0.6) is 5.75 Å². The standard InChI is InChI=1S/C11H15FN2O3S.C7H4FNO/c1-2-11(15)5-6-14(8-11)18(16,17)10-4-3-9(12)7-13-10;8-7-3-6(10)2-1-5(7)4-9/h3-4,7,15H,2,5-6,8H2,1H3;1-3,10H. The van der Waals surface area contributed by atoms with Crippen molar-refractivity contribution >= 4 is 10.0 Å². The summed E-state index contributed by atoms with van der Waals surface area (Å²) in [7, 11) is -3.74. The Bertz CT molecular complexity index is 977. The highest BCUT2D eigenvalue weighted by atomic mass is 32.2. The van der Waals surface area contributed by atoms with Crippen LogP contribution in [-0.4, -0.2) is 46.6 Å². The van der Waals surface area contributed by atoms with Crippen LogP contribution in [0.1, 0.15) is 25.3 Å². The third-order valence-corrected chi connectivity index (χ3v) is 6.09. The van der Waals surface area contributed by atoms with Crippen molar-refractivity contribution in [1.82, 2.24) is 9.29 Å². The third kappa shape index (κ3) is 5.01. The lowest BCUT2D eigenvalue weighted by Gasteiger charge is -2.21. The van der Waals surface area contributed by atoms with Gasteiger partial charge >= 0.3 is 0 Å². The van der Waals surface area contributed by atoms with Crippen molar-refractivity contribution in [3.05, 3.63) is 53.7 Å². The molecule has 1 atom stereocenters. The molecule has 2 N–H and O–H groups in total. The third-order valence-electron chi connectivity index (χ3n) is 4.33. The summed E-state index contributed by atoms with van der Waals surface area (Å²) in [6, 6.07) is 7.22. The number of aliphatic hydroxyl groups is 1. The highest BCUT2D eigenvalue weighted by Crippen LogP contribution is 2.28. The van der Waals surface area contributed by atoms with Gasteiger partial charge in [-0.15, -0.1) is 0 Å². The van der Waals surface area contributed by atoms with Gasteiger partial charge in [-0.1, -0.05) is 6.92 Å². The number of nitrogens with zero attached hydrogens (tertiary/aromatic N) is 3. The van der Waals surface area contributed by atoms with Gasteiger partial charge in [0.2, 0.25) is 0 Å². The van der Waals surface area contributed by atoms with Crippen molar-refractivity contribution in [3.8, 4) is 11.8 Å². The molecule has 2 heterocycles.